The minimum atomic E-state index is -0.0427. The molecule has 2 N–H and O–H groups in total. The molecule has 0 fully saturated rings. The van der Waals surface area contributed by atoms with Gasteiger partial charge in [-0.15, -0.1) is 6.58 Å². The largest absolute Gasteiger partial charge is 0.325 e. The van der Waals surface area contributed by atoms with Gasteiger partial charge in [-0.3, -0.25) is 4.79 Å². The first-order valence-electron chi connectivity index (χ1n) is 5.97. The number of carbonyl (C=O) groups is 1. The molecule has 1 aromatic carbocycles. The maximum absolute atomic E-state index is 11.6. The summed E-state index contributed by atoms with van der Waals surface area (Å²) < 4.78 is 0. The fraction of sp³-hybridized carbons (Fsp3) is 0.357. The van der Waals surface area contributed by atoms with E-state index in [0.29, 0.717) is 13.1 Å². The third kappa shape index (κ3) is 5.61. The Bertz CT molecular complexity index is 402. The van der Waals surface area contributed by atoms with Gasteiger partial charge < -0.3 is 15.5 Å². The van der Waals surface area contributed by atoms with Crippen LogP contribution in [-0.2, 0) is 11.3 Å². The first-order valence-corrected chi connectivity index (χ1v) is 5.97. The van der Waals surface area contributed by atoms with Crippen LogP contribution in [0.3, 0.4) is 0 Å². The number of hydrogen-bond donors (Lipinski definition) is 2. The van der Waals surface area contributed by atoms with Crippen LogP contribution in [0.25, 0.3) is 0 Å². The van der Waals surface area contributed by atoms with Gasteiger partial charge in [0.05, 0.1) is 6.54 Å². The zero-order chi connectivity index (χ0) is 13.4. The van der Waals surface area contributed by atoms with Crippen molar-refractivity contribution >= 4 is 11.6 Å². The van der Waals surface area contributed by atoms with E-state index < -0.39 is 0 Å². The maximum atomic E-state index is 11.6. The van der Waals surface area contributed by atoms with E-state index in [0.717, 1.165) is 12.2 Å². The Hall–Kier alpha value is -1.65. The van der Waals surface area contributed by atoms with Crippen LogP contribution in [0.4, 0.5) is 5.69 Å². The zero-order valence-corrected chi connectivity index (χ0v) is 11.1. The molecule has 0 aliphatic carbocycles. The monoisotopic (exact) mass is 247 g/mol. The van der Waals surface area contributed by atoms with Gasteiger partial charge in [-0.1, -0.05) is 18.2 Å². The van der Waals surface area contributed by atoms with Crippen LogP contribution in [0.1, 0.15) is 5.56 Å². The van der Waals surface area contributed by atoms with Crippen LogP contribution in [0.2, 0.25) is 0 Å². The third-order valence-corrected chi connectivity index (χ3v) is 2.28. The summed E-state index contributed by atoms with van der Waals surface area (Å²) in [6.07, 6.45) is 1.73. The van der Waals surface area contributed by atoms with E-state index in [1.54, 1.807) is 6.08 Å². The molecule has 98 valence electrons. The van der Waals surface area contributed by atoms with E-state index in [4.69, 9.17) is 0 Å². The normalized spacial score (nSPS) is 10.4. The SMILES string of the molecule is C=CCNCC(=O)Nc1cccc(CN(C)C)c1. The lowest BCUT2D eigenvalue weighted by Crippen LogP contribution is -2.28. The second-order valence-corrected chi connectivity index (χ2v) is 4.41. The summed E-state index contributed by atoms with van der Waals surface area (Å²) in [5.74, 6) is -0.0427. The van der Waals surface area contributed by atoms with Crippen molar-refractivity contribution < 1.29 is 4.79 Å². The summed E-state index contributed by atoms with van der Waals surface area (Å²) in [5, 5.41) is 5.82. The first-order chi connectivity index (χ1) is 8.61. The van der Waals surface area contributed by atoms with E-state index in [2.05, 4.69) is 22.1 Å². The molecule has 4 nitrogen and oxygen atoms in total. The van der Waals surface area contributed by atoms with E-state index in [1.165, 1.54) is 5.56 Å². The van der Waals surface area contributed by atoms with Crippen molar-refractivity contribution in [2.24, 2.45) is 0 Å². The van der Waals surface area contributed by atoms with Gasteiger partial charge in [0.1, 0.15) is 0 Å². The molecular weight excluding hydrogens is 226 g/mol. The highest BCUT2D eigenvalue weighted by molar-refractivity contribution is 5.92. The van der Waals surface area contributed by atoms with Crippen molar-refractivity contribution in [3.05, 3.63) is 42.5 Å². The van der Waals surface area contributed by atoms with Crippen molar-refractivity contribution in [2.75, 3.05) is 32.5 Å². The molecule has 0 unspecified atom stereocenters. The number of nitrogens with one attached hydrogen (secondary N) is 2. The summed E-state index contributed by atoms with van der Waals surface area (Å²) in [7, 11) is 4.04. The molecule has 0 radical (unpaired) electrons. The smallest absolute Gasteiger partial charge is 0.238 e. The second kappa shape index (κ2) is 7.63. The number of hydrogen-bond acceptors (Lipinski definition) is 3. The number of benzene rings is 1. The minimum absolute atomic E-state index is 0.0427. The van der Waals surface area contributed by atoms with Crippen molar-refractivity contribution in [1.82, 2.24) is 10.2 Å². The summed E-state index contributed by atoms with van der Waals surface area (Å²) >= 11 is 0. The summed E-state index contributed by atoms with van der Waals surface area (Å²) in [4.78, 5) is 13.7. The van der Waals surface area contributed by atoms with Gasteiger partial charge >= 0.3 is 0 Å². The molecular formula is C14H21N3O. The van der Waals surface area contributed by atoms with Crippen LogP contribution in [0, 0.1) is 0 Å². The number of anilines is 1. The van der Waals surface area contributed by atoms with Crippen molar-refractivity contribution in [2.45, 2.75) is 6.54 Å². The second-order valence-electron chi connectivity index (χ2n) is 4.41. The molecule has 1 rings (SSSR count). The van der Waals surface area contributed by atoms with Gasteiger partial charge in [-0.05, 0) is 31.8 Å². The molecule has 0 aromatic heterocycles. The molecule has 0 saturated carbocycles. The third-order valence-electron chi connectivity index (χ3n) is 2.28. The highest BCUT2D eigenvalue weighted by atomic mass is 16.1. The lowest BCUT2D eigenvalue weighted by atomic mass is 10.2. The predicted octanol–water partition coefficient (Wildman–Crippen LogP) is 1.46. The molecule has 1 amide bonds. The quantitative estimate of drug-likeness (QED) is 0.566. The fourth-order valence-electron chi connectivity index (χ4n) is 1.61. The summed E-state index contributed by atoms with van der Waals surface area (Å²) in [6.45, 7) is 5.37. The van der Waals surface area contributed by atoms with Crippen LogP contribution in [-0.4, -0.2) is 38.0 Å². The first kappa shape index (κ1) is 14.4. The molecule has 0 aliphatic rings. The molecule has 4 heteroatoms. The molecule has 0 heterocycles. The van der Waals surface area contributed by atoms with Crippen molar-refractivity contribution in [3.8, 4) is 0 Å². The molecule has 0 saturated heterocycles. The van der Waals surface area contributed by atoms with Crippen LogP contribution in [0.15, 0.2) is 36.9 Å². The number of amides is 1. The fourth-order valence-corrected chi connectivity index (χ4v) is 1.61. The number of carbonyl (C=O) groups excluding carboxylic acids is 1. The van der Waals surface area contributed by atoms with E-state index in [1.807, 2.05) is 38.4 Å². The lowest BCUT2D eigenvalue weighted by Gasteiger charge is -2.11. The van der Waals surface area contributed by atoms with Crippen LogP contribution >= 0.6 is 0 Å². The molecule has 0 atom stereocenters. The molecule has 0 aliphatic heterocycles. The molecule has 0 bridgehead atoms. The Kier molecular flexibility index (Phi) is 6.11. The molecule has 18 heavy (non-hydrogen) atoms. The van der Waals surface area contributed by atoms with Gasteiger partial charge in [-0.2, -0.15) is 0 Å². The van der Waals surface area contributed by atoms with Crippen LogP contribution in [0.5, 0.6) is 0 Å². The Morgan fingerprint density at radius 1 is 1.44 bits per heavy atom. The van der Waals surface area contributed by atoms with Gasteiger partial charge in [0.2, 0.25) is 5.91 Å². The Labute approximate surface area is 109 Å². The van der Waals surface area contributed by atoms with E-state index in [9.17, 15) is 4.79 Å². The summed E-state index contributed by atoms with van der Waals surface area (Å²) in [6, 6.07) is 7.88. The van der Waals surface area contributed by atoms with E-state index in [-0.39, 0.29) is 5.91 Å². The highest BCUT2D eigenvalue weighted by Gasteiger charge is 2.02. The maximum Gasteiger partial charge on any atom is 0.238 e. The minimum Gasteiger partial charge on any atom is -0.325 e. The molecule has 0 spiro atoms. The average Bonchev–Trinajstić information content (AvgIpc) is 2.28. The highest BCUT2D eigenvalue weighted by Crippen LogP contribution is 2.11. The lowest BCUT2D eigenvalue weighted by molar-refractivity contribution is -0.115. The van der Waals surface area contributed by atoms with Crippen molar-refractivity contribution in [1.29, 1.82) is 0 Å². The average molecular weight is 247 g/mol. The Morgan fingerprint density at radius 3 is 2.89 bits per heavy atom. The van der Waals surface area contributed by atoms with Gasteiger partial charge in [0.25, 0.3) is 0 Å². The standard InChI is InChI=1S/C14H21N3O/c1-4-8-15-10-14(18)16-13-7-5-6-12(9-13)11-17(2)3/h4-7,9,15H,1,8,10-11H2,2-3H3,(H,16,18). The zero-order valence-electron chi connectivity index (χ0n) is 11.1. The summed E-state index contributed by atoms with van der Waals surface area (Å²) in [5.41, 5.74) is 2.01. The number of rotatable bonds is 7. The van der Waals surface area contributed by atoms with E-state index >= 15 is 0 Å². The van der Waals surface area contributed by atoms with Crippen LogP contribution < -0.4 is 10.6 Å². The Morgan fingerprint density at radius 2 is 2.22 bits per heavy atom. The van der Waals surface area contributed by atoms with Gasteiger partial charge in [0, 0.05) is 18.8 Å². The van der Waals surface area contributed by atoms with Crippen molar-refractivity contribution in [3.63, 3.8) is 0 Å². The molecule has 1 aromatic rings. The topological polar surface area (TPSA) is 44.4 Å². The van der Waals surface area contributed by atoms with Gasteiger partial charge in [-0.25, -0.2) is 0 Å². The number of nitrogens with zero attached hydrogens (tertiary/aromatic N) is 1. The Balaban J connectivity index is 2.50. The predicted molar refractivity (Wildman–Crippen MR) is 75.5 cm³/mol. The van der Waals surface area contributed by atoms with Gasteiger partial charge in [0.15, 0.2) is 0 Å².